The van der Waals surface area contributed by atoms with Gasteiger partial charge >= 0.3 is 12.0 Å². The Hall–Kier alpha value is -2.83. The molecular weight excluding hydrogens is 370 g/mol. The second kappa shape index (κ2) is 11.2. The smallest absolute Gasteiger partial charge is 0.338 e. The van der Waals surface area contributed by atoms with Crippen LogP contribution >= 0.6 is 0 Å². The maximum atomic E-state index is 12.7. The van der Waals surface area contributed by atoms with E-state index in [0.717, 1.165) is 12.8 Å². The van der Waals surface area contributed by atoms with E-state index in [1.807, 2.05) is 0 Å². The van der Waals surface area contributed by atoms with Crippen LogP contribution in [0.2, 0.25) is 0 Å². The Kier molecular flexibility index (Phi) is 8.70. The molecule has 1 fully saturated rings. The van der Waals surface area contributed by atoms with E-state index >= 15 is 0 Å². The summed E-state index contributed by atoms with van der Waals surface area (Å²) in [7, 11) is 0. The summed E-state index contributed by atoms with van der Waals surface area (Å²) in [4.78, 5) is 38.4. The van der Waals surface area contributed by atoms with E-state index in [1.54, 1.807) is 42.2 Å². The van der Waals surface area contributed by atoms with Crippen molar-refractivity contribution in [3.8, 4) is 0 Å². The molecule has 2 atom stereocenters. The van der Waals surface area contributed by atoms with Crippen LogP contribution in [0.1, 0.15) is 43.5 Å². The minimum Gasteiger partial charge on any atom is -0.462 e. The number of likely N-dealkylation sites (tertiary alicyclic amines) is 1. The van der Waals surface area contributed by atoms with Crippen LogP contribution in [0.25, 0.3) is 0 Å². The predicted octanol–water partition coefficient (Wildman–Crippen LogP) is 3.44. The lowest BCUT2D eigenvalue weighted by Gasteiger charge is -2.38. The fraction of sp³-hybridized carbons (Fsp3) is 0.500. The molecule has 158 valence electrons. The SMILES string of the molecule is C=CCNC(=O)C[C@@H]1CCN(C(=O)Nc2cccc(C(=O)OCC)c2)C[C@@H]1CC. The average molecular weight is 402 g/mol. The van der Waals surface area contributed by atoms with Crippen molar-refractivity contribution < 1.29 is 19.1 Å². The molecule has 1 aromatic rings. The van der Waals surface area contributed by atoms with Crippen molar-refractivity contribution in [2.45, 2.75) is 33.1 Å². The van der Waals surface area contributed by atoms with Crippen molar-refractivity contribution in [1.29, 1.82) is 0 Å². The number of benzene rings is 1. The number of carbonyl (C=O) groups excluding carboxylic acids is 3. The number of nitrogens with one attached hydrogen (secondary N) is 2. The van der Waals surface area contributed by atoms with Gasteiger partial charge in [0, 0.05) is 31.7 Å². The fourth-order valence-electron chi connectivity index (χ4n) is 3.63. The molecule has 0 aliphatic carbocycles. The highest BCUT2D eigenvalue weighted by Crippen LogP contribution is 2.29. The van der Waals surface area contributed by atoms with Gasteiger partial charge in [-0.25, -0.2) is 9.59 Å². The number of anilines is 1. The summed E-state index contributed by atoms with van der Waals surface area (Å²) in [5.74, 6) is 0.156. The first kappa shape index (κ1) is 22.5. The number of piperidine rings is 1. The van der Waals surface area contributed by atoms with Gasteiger partial charge in [-0.15, -0.1) is 6.58 Å². The first-order valence-electron chi connectivity index (χ1n) is 10.2. The molecule has 7 nitrogen and oxygen atoms in total. The fourth-order valence-corrected chi connectivity index (χ4v) is 3.63. The van der Waals surface area contributed by atoms with Crippen LogP contribution in [0, 0.1) is 11.8 Å². The zero-order valence-electron chi connectivity index (χ0n) is 17.3. The van der Waals surface area contributed by atoms with E-state index < -0.39 is 5.97 Å². The van der Waals surface area contributed by atoms with Crippen molar-refractivity contribution in [2.24, 2.45) is 11.8 Å². The molecule has 3 amide bonds. The predicted molar refractivity (Wildman–Crippen MR) is 113 cm³/mol. The molecule has 0 saturated carbocycles. The summed E-state index contributed by atoms with van der Waals surface area (Å²) in [6, 6.07) is 6.53. The Bertz CT molecular complexity index is 735. The van der Waals surface area contributed by atoms with Crippen molar-refractivity contribution >= 4 is 23.6 Å². The molecule has 0 radical (unpaired) electrons. The Morgan fingerprint density at radius 3 is 2.76 bits per heavy atom. The third-order valence-electron chi connectivity index (χ3n) is 5.22. The van der Waals surface area contributed by atoms with Crippen LogP contribution in [-0.4, -0.2) is 49.0 Å². The lowest BCUT2D eigenvalue weighted by Crippen LogP contribution is -2.46. The minimum absolute atomic E-state index is 0.0297. The van der Waals surface area contributed by atoms with E-state index in [0.29, 0.717) is 43.9 Å². The third-order valence-corrected chi connectivity index (χ3v) is 5.22. The number of ether oxygens (including phenoxy) is 1. The van der Waals surface area contributed by atoms with Gasteiger partial charge in [0.15, 0.2) is 0 Å². The molecule has 7 heteroatoms. The average Bonchev–Trinajstić information content (AvgIpc) is 2.72. The number of hydrogen-bond acceptors (Lipinski definition) is 4. The Balaban J connectivity index is 1.94. The molecule has 2 rings (SSSR count). The number of esters is 1. The van der Waals surface area contributed by atoms with Crippen molar-refractivity contribution in [1.82, 2.24) is 10.2 Å². The van der Waals surface area contributed by atoms with E-state index in [4.69, 9.17) is 4.74 Å². The van der Waals surface area contributed by atoms with Crippen LogP contribution in [0.3, 0.4) is 0 Å². The van der Waals surface area contributed by atoms with E-state index in [1.165, 1.54) is 0 Å². The molecule has 1 aliphatic heterocycles. The van der Waals surface area contributed by atoms with E-state index in [-0.39, 0.29) is 23.8 Å². The minimum atomic E-state index is -0.412. The van der Waals surface area contributed by atoms with Gasteiger partial charge in [-0.3, -0.25) is 4.79 Å². The molecule has 1 saturated heterocycles. The molecule has 1 aromatic carbocycles. The van der Waals surface area contributed by atoms with Gasteiger partial charge < -0.3 is 20.3 Å². The Labute approximate surface area is 172 Å². The van der Waals surface area contributed by atoms with Crippen LogP contribution < -0.4 is 10.6 Å². The molecule has 29 heavy (non-hydrogen) atoms. The summed E-state index contributed by atoms with van der Waals surface area (Å²) in [6.45, 7) is 9.43. The molecule has 0 spiro atoms. The Morgan fingerprint density at radius 1 is 1.28 bits per heavy atom. The first-order chi connectivity index (χ1) is 14.0. The standard InChI is InChI=1S/C22H31N3O4/c1-4-11-23-20(26)14-17-10-12-25(15-16(17)5-2)22(28)24-19-9-7-8-18(13-19)21(27)29-6-3/h4,7-9,13,16-17H,1,5-6,10-12,14-15H2,2-3H3,(H,23,26)(H,24,28)/t16-,17-/m0/s1. The molecular formula is C22H31N3O4. The lowest BCUT2D eigenvalue weighted by atomic mass is 9.81. The van der Waals surface area contributed by atoms with Gasteiger partial charge in [0.1, 0.15) is 0 Å². The second-order valence-corrected chi connectivity index (χ2v) is 7.19. The summed E-state index contributed by atoms with van der Waals surface area (Å²) in [6.07, 6.45) is 3.83. The van der Waals surface area contributed by atoms with E-state index in [2.05, 4.69) is 24.1 Å². The van der Waals surface area contributed by atoms with Gasteiger partial charge in [-0.05, 0) is 43.4 Å². The topological polar surface area (TPSA) is 87.7 Å². The van der Waals surface area contributed by atoms with Crippen molar-refractivity contribution in [3.05, 3.63) is 42.5 Å². The van der Waals surface area contributed by atoms with Crippen LogP contribution in [0.4, 0.5) is 10.5 Å². The number of hydrogen-bond donors (Lipinski definition) is 2. The number of urea groups is 1. The molecule has 2 N–H and O–H groups in total. The van der Waals surface area contributed by atoms with Gasteiger partial charge in [-0.1, -0.05) is 25.5 Å². The normalized spacial score (nSPS) is 18.6. The monoisotopic (exact) mass is 401 g/mol. The summed E-state index contributed by atoms with van der Waals surface area (Å²) in [5.41, 5.74) is 0.958. The van der Waals surface area contributed by atoms with Crippen molar-refractivity contribution in [3.63, 3.8) is 0 Å². The maximum absolute atomic E-state index is 12.7. The quantitative estimate of drug-likeness (QED) is 0.516. The third kappa shape index (κ3) is 6.62. The molecule has 1 heterocycles. The molecule has 0 unspecified atom stereocenters. The number of amides is 3. The highest BCUT2D eigenvalue weighted by Gasteiger charge is 2.31. The summed E-state index contributed by atoms with van der Waals surface area (Å²) < 4.78 is 5.00. The largest absolute Gasteiger partial charge is 0.462 e. The number of nitrogens with zero attached hydrogens (tertiary/aromatic N) is 1. The van der Waals surface area contributed by atoms with Gasteiger partial charge in [0.25, 0.3) is 0 Å². The summed E-state index contributed by atoms with van der Waals surface area (Å²) >= 11 is 0. The number of carbonyl (C=O) groups is 3. The van der Waals surface area contributed by atoms with E-state index in [9.17, 15) is 14.4 Å². The van der Waals surface area contributed by atoms with Crippen molar-refractivity contribution in [2.75, 3.05) is 31.6 Å². The van der Waals surface area contributed by atoms with Gasteiger partial charge in [0.05, 0.1) is 12.2 Å². The lowest BCUT2D eigenvalue weighted by molar-refractivity contribution is -0.122. The van der Waals surface area contributed by atoms with Crippen LogP contribution in [0.15, 0.2) is 36.9 Å². The van der Waals surface area contributed by atoms with Crippen LogP contribution in [0.5, 0.6) is 0 Å². The first-order valence-corrected chi connectivity index (χ1v) is 10.2. The van der Waals surface area contributed by atoms with Gasteiger partial charge in [0.2, 0.25) is 5.91 Å². The molecule has 0 aromatic heterocycles. The highest BCUT2D eigenvalue weighted by atomic mass is 16.5. The Morgan fingerprint density at radius 2 is 2.07 bits per heavy atom. The molecule has 0 bridgehead atoms. The second-order valence-electron chi connectivity index (χ2n) is 7.19. The highest BCUT2D eigenvalue weighted by molar-refractivity contribution is 5.94. The molecule has 1 aliphatic rings. The number of rotatable bonds is 8. The zero-order valence-corrected chi connectivity index (χ0v) is 17.3. The zero-order chi connectivity index (χ0) is 21.2. The maximum Gasteiger partial charge on any atom is 0.338 e. The van der Waals surface area contributed by atoms with Crippen LogP contribution in [-0.2, 0) is 9.53 Å². The van der Waals surface area contributed by atoms with Gasteiger partial charge in [-0.2, -0.15) is 0 Å². The summed E-state index contributed by atoms with van der Waals surface area (Å²) in [5, 5.41) is 5.69.